The van der Waals surface area contributed by atoms with E-state index in [-0.39, 0.29) is 29.8 Å². The molecule has 0 unspecified atom stereocenters. The maximum Gasteiger partial charge on any atom is 0.287 e. The number of hydrogen-bond donors (Lipinski definition) is 1. The smallest absolute Gasteiger partial charge is 0.287 e. The van der Waals surface area contributed by atoms with E-state index in [1.54, 1.807) is 34.9 Å². The van der Waals surface area contributed by atoms with Crippen molar-refractivity contribution in [3.63, 3.8) is 0 Å². The van der Waals surface area contributed by atoms with Gasteiger partial charge in [0.15, 0.2) is 16.7 Å². The molecular formula is C29H22F2N6O3S2. The van der Waals surface area contributed by atoms with Gasteiger partial charge in [-0.25, -0.2) is 13.8 Å². The van der Waals surface area contributed by atoms with E-state index in [2.05, 4.69) is 20.6 Å². The molecule has 0 saturated carbocycles. The zero-order valence-corrected chi connectivity index (χ0v) is 23.4. The van der Waals surface area contributed by atoms with Gasteiger partial charge in [-0.1, -0.05) is 30.0 Å². The van der Waals surface area contributed by atoms with Gasteiger partial charge in [-0.3, -0.25) is 14.2 Å². The molecule has 42 heavy (non-hydrogen) atoms. The zero-order valence-electron chi connectivity index (χ0n) is 21.8. The van der Waals surface area contributed by atoms with Gasteiger partial charge in [-0.2, -0.15) is 5.10 Å². The monoisotopic (exact) mass is 604 g/mol. The van der Waals surface area contributed by atoms with Crippen molar-refractivity contribution in [2.75, 3.05) is 5.75 Å². The van der Waals surface area contributed by atoms with Crippen molar-refractivity contribution in [1.82, 2.24) is 25.1 Å². The first-order valence-electron chi connectivity index (χ1n) is 12.8. The molecule has 212 valence electrons. The molecule has 1 N–H and O–H groups in total. The molecule has 0 spiro atoms. The second kappa shape index (κ2) is 12.1. The lowest BCUT2D eigenvalue weighted by molar-refractivity contribution is -0.130. The van der Waals surface area contributed by atoms with Gasteiger partial charge in [0.2, 0.25) is 0 Å². The minimum Gasteiger partial charge on any atom is -0.459 e. The molecule has 6 rings (SSSR count). The van der Waals surface area contributed by atoms with Crippen LogP contribution < -0.4 is 5.32 Å². The number of rotatable bonds is 9. The third-order valence-corrected chi connectivity index (χ3v) is 8.32. The second-order valence-electron chi connectivity index (χ2n) is 9.19. The topological polar surface area (TPSA) is 106 Å². The Bertz CT molecular complexity index is 1720. The second-order valence-corrected chi connectivity index (χ2v) is 11.1. The van der Waals surface area contributed by atoms with Crippen LogP contribution in [0.1, 0.15) is 39.3 Å². The number of nitrogens with one attached hydrogen (secondary N) is 1. The number of benzene rings is 2. The number of thiophene rings is 1. The fourth-order valence-electron chi connectivity index (χ4n) is 4.48. The van der Waals surface area contributed by atoms with Gasteiger partial charge in [-0.05, 0) is 65.5 Å². The Balaban J connectivity index is 1.24. The average molecular weight is 605 g/mol. The van der Waals surface area contributed by atoms with Crippen LogP contribution in [0.4, 0.5) is 8.78 Å². The molecule has 9 nitrogen and oxygen atoms in total. The number of furan rings is 1. The first-order valence-corrected chi connectivity index (χ1v) is 14.7. The van der Waals surface area contributed by atoms with E-state index >= 15 is 0 Å². The van der Waals surface area contributed by atoms with Gasteiger partial charge in [0, 0.05) is 12.1 Å². The molecular weight excluding hydrogens is 582 g/mol. The predicted octanol–water partition coefficient (Wildman–Crippen LogP) is 5.60. The summed E-state index contributed by atoms with van der Waals surface area (Å²) in [5, 5.41) is 19.6. The van der Waals surface area contributed by atoms with Crippen molar-refractivity contribution in [2.45, 2.75) is 24.2 Å². The summed E-state index contributed by atoms with van der Waals surface area (Å²) in [4.78, 5) is 27.0. The summed E-state index contributed by atoms with van der Waals surface area (Å²) >= 11 is 2.67. The van der Waals surface area contributed by atoms with Crippen molar-refractivity contribution in [3.05, 3.63) is 118 Å². The van der Waals surface area contributed by atoms with Crippen LogP contribution in [0.15, 0.2) is 99.1 Å². The number of carbonyl (C=O) groups is 2. The van der Waals surface area contributed by atoms with Crippen LogP contribution in [0.25, 0.3) is 5.69 Å². The Hall–Kier alpha value is -4.62. The molecule has 0 radical (unpaired) electrons. The maximum atomic E-state index is 13.7. The molecule has 1 atom stereocenters. The van der Waals surface area contributed by atoms with E-state index in [1.807, 2.05) is 17.5 Å². The summed E-state index contributed by atoms with van der Waals surface area (Å²) in [6.45, 7) is 0.00560. The lowest BCUT2D eigenvalue weighted by Crippen LogP contribution is -2.28. The lowest BCUT2D eigenvalue weighted by Gasteiger charge is -2.22. The summed E-state index contributed by atoms with van der Waals surface area (Å²) in [5.41, 5.74) is 2.11. The standard InChI is InChI=1S/C29H22F2N6O3S2/c30-19-7-5-18(6-8-19)23-15-22(25-4-2-14-41-25)35-37(23)27(38)17-42-29-34-33-26(16-32-28(39)24-3-1-13-40-24)36(29)21-11-9-20(31)10-12-21/h1-14,23H,15-17H2,(H,32,39)/t23-/m1/s1. The number of hydrogen-bond acceptors (Lipinski definition) is 8. The number of carbonyl (C=O) groups excluding carboxylic acids is 2. The number of halogens is 2. The summed E-state index contributed by atoms with van der Waals surface area (Å²) in [7, 11) is 0. The summed E-state index contributed by atoms with van der Waals surface area (Å²) in [6.07, 6.45) is 1.89. The third kappa shape index (κ3) is 5.87. The molecule has 13 heteroatoms. The van der Waals surface area contributed by atoms with E-state index < -0.39 is 17.8 Å². The first-order chi connectivity index (χ1) is 20.5. The van der Waals surface area contributed by atoms with Crippen LogP contribution in [-0.2, 0) is 11.3 Å². The van der Waals surface area contributed by atoms with E-state index in [9.17, 15) is 18.4 Å². The summed E-state index contributed by atoms with van der Waals surface area (Å²) in [5.74, 6) is -0.992. The van der Waals surface area contributed by atoms with Crippen LogP contribution in [0, 0.1) is 11.6 Å². The molecule has 2 aromatic carbocycles. The molecule has 0 aliphatic carbocycles. The highest BCUT2D eigenvalue weighted by Gasteiger charge is 2.33. The van der Waals surface area contributed by atoms with Crippen molar-refractivity contribution >= 4 is 40.6 Å². The highest BCUT2D eigenvalue weighted by molar-refractivity contribution is 7.99. The number of aromatic nitrogens is 3. The van der Waals surface area contributed by atoms with E-state index in [4.69, 9.17) is 4.42 Å². The quantitative estimate of drug-likeness (QED) is 0.220. The molecule has 1 aliphatic heterocycles. The van der Waals surface area contributed by atoms with Crippen molar-refractivity contribution < 1.29 is 22.8 Å². The van der Waals surface area contributed by atoms with Crippen LogP contribution in [0.2, 0.25) is 0 Å². The summed E-state index contributed by atoms with van der Waals surface area (Å²) in [6, 6.07) is 18.4. The fourth-order valence-corrected chi connectivity index (χ4v) is 6.03. The number of thioether (sulfide) groups is 1. The molecule has 0 saturated heterocycles. The van der Waals surface area contributed by atoms with E-state index in [1.165, 1.54) is 52.9 Å². The minimum absolute atomic E-state index is 0.00560. The van der Waals surface area contributed by atoms with Crippen molar-refractivity contribution in [1.29, 1.82) is 0 Å². The summed E-state index contributed by atoms with van der Waals surface area (Å²) < 4.78 is 34.1. The largest absolute Gasteiger partial charge is 0.459 e. The van der Waals surface area contributed by atoms with Gasteiger partial charge < -0.3 is 9.73 Å². The number of hydrazone groups is 1. The first kappa shape index (κ1) is 27.5. The molecule has 3 aromatic heterocycles. The van der Waals surface area contributed by atoms with E-state index in [0.29, 0.717) is 23.1 Å². The predicted molar refractivity (Wildman–Crippen MR) is 153 cm³/mol. The van der Waals surface area contributed by atoms with Gasteiger partial charge >= 0.3 is 0 Å². The molecule has 4 heterocycles. The van der Waals surface area contributed by atoms with Crippen LogP contribution in [-0.4, -0.2) is 43.1 Å². The van der Waals surface area contributed by atoms with Gasteiger partial charge in [0.1, 0.15) is 11.6 Å². The van der Waals surface area contributed by atoms with Gasteiger partial charge in [0.25, 0.3) is 11.8 Å². The third-order valence-electron chi connectivity index (χ3n) is 6.49. The zero-order chi connectivity index (χ0) is 29.1. The van der Waals surface area contributed by atoms with Gasteiger partial charge in [0.05, 0.1) is 35.2 Å². The molecule has 0 bridgehead atoms. The molecule has 1 aliphatic rings. The van der Waals surface area contributed by atoms with Crippen LogP contribution in [0.3, 0.4) is 0 Å². The number of nitrogens with zero attached hydrogens (tertiary/aromatic N) is 5. The van der Waals surface area contributed by atoms with Crippen LogP contribution >= 0.6 is 23.1 Å². The van der Waals surface area contributed by atoms with Crippen molar-refractivity contribution in [2.24, 2.45) is 5.10 Å². The van der Waals surface area contributed by atoms with Crippen molar-refractivity contribution in [3.8, 4) is 5.69 Å². The molecule has 2 amide bonds. The molecule has 0 fully saturated rings. The maximum absolute atomic E-state index is 13.7. The normalized spacial score (nSPS) is 14.7. The Morgan fingerprint density at radius 3 is 2.45 bits per heavy atom. The Kier molecular flexibility index (Phi) is 7.93. The SMILES string of the molecule is O=C(NCc1nnc(SCC(=O)N2N=C(c3cccs3)C[C@@H]2c2ccc(F)cc2)n1-c1ccc(F)cc1)c1ccco1. The minimum atomic E-state index is -0.432. The Labute approximate surface area is 246 Å². The molecule has 5 aromatic rings. The average Bonchev–Trinajstić information content (AvgIpc) is 3.82. The fraction of sp³-hybridized carbons (Fsp3) is 0.138. The Morgan fingerprint density at radius 2 is 1.76 bits per heavy atom. The van der Waals surface area contributed by atoms with Gasteiger partial charge in [-0.15, -0.1) is 21.5 Å². The Morgan fingerprint density at radius 1 is 1.00 bits per heavy atom. The van der Waals surface area contributed by atoms with E-state index in [0.717, 1.165) is 27.9 Å². The number of amides is 2. The lowest BCUT2D eigenvalue weighted by atomic mass is 10.0. The highest BCUT2D eigenvalue weighted by atomic mass is 32.2. The van der Waals surface area contributed by atoms with Crippen LogP contribution in [0.5, 0.6) is 0 Å². The highest BCUT2D eigenvalue weighted by Crippen LogP contribution is 2.35.